The summed E-state index contributed by atoms with van der Waals surface area (Å²) in [5, 5.41) is 5.66. The number of carbonyl (C=O) groups excluding carboxylic acids is 2. The van der Waals surface area contributed by atoms with Crippen molar-refractivity contribution in [3.63, 3.8) is 0 Å². The van der Waals surface area contributed by atoms with Crippen molar-refractivity contribution >= 4 is 11.8 Å². The van der Waals surface area contributed by atoms with Crippen LogP contribution in [0.4, 0.5) is 0 Å². The average molecular weight is 356 g/mol. The van der Waals surface area contributed by atoms with Crippen LogP contribution in [0.3, 0.4) is 0 Å². The molecule has 0 aromatic carbocycles. The van der Waals surface area contributed by atoms with E-state index >= 15 is 0 Å². The minimum atomic E-state index is -0.509. The topological polar surface area (TPSA) is 110 Å². The first-order valence-corrected chi connectivity index (χ1v) is 8.97. The minimum absolute atomic E-state index is 0.132. The van der Waals surface area contributed by atoms with Crippen molar-refractivity contribution in [2.75, 3.05) is 0 Å². The Hall–Kier alpha value is -2.76. The monoisotopic (exact) mass is 356 g/mol. The van der Waals surface area contributed by atoms with Crippen LogP contribution in [0.1, 0.15) is 38.5 Å². The van der Waals surface area contributed by atoms with E-state index in [2.05, 4.69) is 17.2 Å². The third kappa shape index (κ3) is 5.95. The summed E-state index contributed by atoms with van der Waals surface area (Å²) in [5.74, 6) is -0.267. The SMILES string of the molecule is C=CC/C=C(N)\C=C/CCC1NC(=O)[C@H](CC2=CC=C(N)CC2)NC1=O. The molecule has 1 unspecified atom stereocenters. The number of nitrogens with one attached hydrogen (secondary N) is 2. The molecule has 0 radical (unpaired) electrons. The number of nitrogens with two attached hydrogens (primary N) is 2. The van der Waals surface area contributed by atoms with Crippen LogP contribution in [0.2, 0.25) is 0 Å². The van der Waals surface area contributed by atoms with E-state index in [0.29, 0.717) is 25.0 Å². The van der Waals surface area contributed by atoms with Gasteiger partial charge in [0.25, 0.3) is 0 Å². The van der Waals surface area contributed by atoms with Gasteiger partial charge in [0.15, 0.2) is 0 Å². The lowest BCUT2D eigenvalue weighted by atomic mass is 9.94. The fourth-order valence-corrected chi connectivity index (χ4v) is 2.92. The van der Waals surface area contributed by atoms with Crippen molar-refractivity contribution < 1.29 is 9.59 Å². The first-order valence-electron chi connectivity index (χ1n) is 8.97. The van der Waals surface area contributed by atoms with E-state index in [1.807, 2.05) is 30.4 Å². The molecule has 26 heavy (non-hydrogen) atoms. The quantitative estimate of drug-likeness (QED) is 0.392. The van der Waals surface area contributed by atoms with Gasteiger partial charge < -0.3 is 22.1 Å². The van der Waals surface area contributed by atoms with Crippen LogP contribution in [0.5, 0.6) is 0 Å². The van der Waals surface area contributed by atoms with Gasteiger partial charge in [-0.05, 0) is 50.7 Å². The summed E-state index contributed by atoms with van der Waals surface area (Å²) in [6.07, 6.45) is 15.2. The standard InChI is InChI=1S/C20H28N4O2/c1-2-3-6-15(21)7-4-5-8-17-19(25)24-18(20(26)23-17)13-14-9-11-16(22)12-10-14/h2,4,6-7,9,11,17-18H,1,3,5,8,10,12-13,21-22H2,(H,23,26)(H,24,25)/b7-4-,15-6+/t17?,18-/m0/s1. The molecule has 0 bridgehead atoms. The third-order valence-electron chi connectivity index (χ3n) is 4.45. The highest BCUT2D eigenvalue weighted by Crippen LogP contribution is 2.20. The summed E-state index contributed by atoms with van der Waals surface area (Å²) in [6, 6.07) is -1.01. The number of piperazine rings is 1. The van der Waals surface area contributed by atoms with Crippen LogP contribution in [0, 0.1) is 0 Å². The maximum Gasteiger partial charge on any atom is 0.243 e. The van der Waals surface area contributed by atoms with Crippen molar-refractivity contribution in [2.45, 2.75) is 50.6 Å². The lowest BCUT2D eigenvalue weighted by molar-refractivity contribution is -0.136. The largest absolute Gasteiger partial charge is 0.402 e. The highest BCUT2D eigenvalue weighted by atomic mass is 16.2. The van der Waals surface area contributed by atoms with Crippen molar-refractivity contribution in [3.8, 4) is 0 Å². The second-order valence-electron chi connectivity index (χ2n) is 6.60. The molecule has 1 saturated heterocycles. The summed E-state index contributed by atoms with van der Waals surface area (Å²) in [5.41, 5.74) is 14.2. The van der Waals surface area contributed by atoms with E-state index in [1.54, 1.807) is 6.08 Å². The maximum atomic E-state index is 12.3. The van der Waals surface area contributed by atoms with Crippen LogP contribution in [-0.2, 0) is 9.59 Å². The van der Waals surface area contributed by atoms with Gasteiger partial charge in [-0.25, -0.2) is 0 Å². The van der Waals surface area contributed by atoms with Crippen LogP contribution in [-0.4, -0.2) is 23.9 Å². The molecule has 140 valence electrons. The molecule has 0 aromatic rings. The zero-order chi connectivity index (χ0) is 18.9. The number of carbonyl (C=O) groups is 2. The van der Waals surface area contributed by atoms with Crippen LogP contribution in [0.15, 0.2) is 60.0 Å². The second-order valence-corrected chi connectivity index (χ2v) is 6.60. The zero-order valence-electron chi connectivity index (χ0n) is 15.0. The number of hydrogen-bond acceptors (Lipinski definition) is 4. The average Bonchev–Trinajstić information content (AvgIpc) is 2.62. The number of rotatable bonds is 8. The maximum absolute atomic E-state index is 12.3. The first-order chi connectivity index (χ1) is 12.5. The Bertz CT molecular complexity index is 673. The molecule has 1 fully saturated rings. The molecular formula is C20H28N4O2. The second kappa shape index (κ2) is 9.65. The van der Waals surface area contributed by atoms with Crippen LogP contribution >= 0.6 is 0 Å². The highest BCUT2D eigenvalue weighted by Gasteiger charge is 2.33. The Morgan fingerprint density at radius 1 is 1.19 bits per heavy atom. The van der Waals surface area contributed by atoms with E-state index in [9.17, 15) is 9.59 Å². The molecule has 2 atom stereocenters. The van der Waals surface area contributed by atoms with E-state index in [0.717, 1.165) is 30.5 Å². The van der Waals surface area contributed by atoms with Crippen molar-refractivity contribution in [3.05, 3.63) is 60.0 Å². The van der Waals surface area contributed by atoms with E-state index in [-0.39, 0.29) is 11.8 Å². The van der Waals surface area contributed by atoms with Gasteiger partial charge in [-0.15, -0.1) is 6.58 Å². The van der Waals surface area contributed by atoms with Crippen molar-refractivity contribution in [1.82, 2.24) is 10.6 Å². The highest BCUT2D eigenvalue weighted by molar-refractivity contribution is 5.97. The number of allylic oxidation sites excluding steroid dienone is 7. The van der Waals surface area contributed by atoms with Gasteiger partial charge in [-0.3, -0.25) is 9.59 Å². The van der Waals surface area contributed by atoms with E-state index in [1.165, 1.54) is 0 Å². The molecule has 2 amide bonds. The Kier molecular flexibility index (Phi) is 7.26. The molecule has 0 spiro atoms. The van der Waals surface area contributed by atoms with Gasteiger partial charge >= 0.3 is 0 Å². The molecule has 1 heterocycles. The van der Waals surface area contributed by atoms with Crippen molar-refractivity contribution in [1.29, 1.82) is 0 Å². The Labute approximate surface area is 154 Å². The fraction of sp³-hybridized carbons (Fsp3) is 0.400. The molecular weight excluding hydrogens is 328 g/mol. The lowest BCUT2D eigenvalue weighted by Gasteiger charge is -2.30. The zero-order valence-corrected chi connectivity index (χ0v) is 15.0. The predicted molar refractivity (Wildman–Crippen MR) is 104 cm³/mol. The van der Waals surface area contributed by atoms with Gasteiger partial charge in [0, 0.05) is 11.4 Å². The minimum Gasteiger partial charge on any atom is -0.402 e. The lowest BCUT2D eigenvalue weighted by Crippen LogP contribution is -2.61. The summed E-state index contributed by atoms with van der Waals surface area (Å²) in [7, 11) is 0. The van der Waals surface area contributed by atoms with Crippen LogP contribution < -0.4 is 22.1 Å². The molecule has 6 nitrogen and oxygen atoms in total. The Morgan fingerprint density at radius 3 is 2.62 bits per heavy atom. The van der Waals surface area contributed by atoms with E-state index < -0.39 is 12.1 Å². The Morgan fingerprint density at radius 2 is 1.92 bits per heavy atom. The van der Waals surface area contributed by atoms with E-state index in [4.69, 9.17) is 11.5 Å². The summed E-state index contributed by atoms with van der Waals surface area (Å²) in [4.78, 5) is 24.6. The molecule has 6 heteroatoms. The Balaban J connectivity index is 1.81. The predicted octanol–water partition coefficient (Wildman–Crippen LogP) is 1.68. The van der Waals surface area contributed by atoms with Crippen LogP contribution in [0.25, 0.3) is 0 Å². The molecule has 6 N–H and O–H groups in total. The van der Waals surface area contributed by atoms with Gasteiger partial charge in [-0.2, -0.15) is 0 Å². The van der Waals surface area contributed by atoms with Gasteiger partial charge in [-0.1, -0.05) is 29.9 Å². The molecule has 0 aromatic heterocycles. The first kappa shape index (κ1) is 19.6. The van der Waals surface area contributed by atoms with Crippen molar-refractivity contribution in [2.24, 2.45) is 11.5 Å². The summed E-state index contributed by atoms with van der Waals surface area (Å²) in [6.45, 7) is 3.63. The smallest absolute Gasteiger partial charge is 0.243 e. The molecule has 2 aliphatic rings. The molecule has 0 saturated carbocycles. The molecule has 2 rings (SSSR count). The number of hydrogen-bond donors (Lipinski definition) is 4. The third-order valence-corrected chi connectivity index (χ3v) is 4.45. The van der Waals surface area contributed by atoms with Gasteiger partial charge in [0.05, 0.1) is 0 Å². The van der Waals surface area contributed by atoms with Gasteiger partial charge in [0.1, 0.15) is 12.1 Å². The van der Waals surface area contributed by atoms with Gasteiger partial charge in [0.2, 0.25) is 11.8 Å². The fourth-order valence-electron chi connectivity index (χ4n) is 2.92. The molecule has 1 aliphatic heterocycles. The number of amides is 2. The molecule has 1 aliphatic carbocycles. The summed E-state index contributed by atoms with van der Waals surface area (Å²) >= 11 is 0. The summed E-state index contributed by atoms with van der Waals surface area (Å²) < 4.78 is 0. The normalized spacial score (nSPS) is 23.9.